The molecule has 0 saturated heterocycles. The molecule has 4 heteroatoms. The van der Waals surface area contributed by atoms with Crippen LogP contribution >= 0.6 is 11.6 Å². The molecule has 2 nitrogen and oxygen atoms in total. The molecule has 1 N–H and O–H groups in total. The first-order valence-corrected chi connectivity index (χ1v) is 4.20. The van der Waals surface area contributed by atoms with E-state index >= 15 is 0 Å². The van der Waals surface area contributed by atoms with Gasteiger partial charge in [0, 0.05) is 6.54 Å². The van der Waals surface area contributed by atoms with Crippen molar-refractivity contribution in [3.8, 4) is 0 Å². The molecular formula is C9H9ClFNO. The number of benzene rings is 1. The van der Waals surface area contributed by atoms with Crippen molar-refractivity contribution in [3.63, 3.8) is 0 Å². The van der Waals surface area contributed by atoms with Crippen LogP contribution in [0.1, 0.15) is 5.56 Å². The first-order valence-electron chi connectivity index (χ1n) is 3.82. The van der Waals surface area contributed by atoms with Crippen LogP contribution in [0.2, 0.25) is 5.02 Å². The van der Waals surface area contributed by atoms with Crippen molar-refractivity contribution in [2.24, 2.45) is 0 Å². The van der Waals surface area contributed by atoms with Crippen molar-refractivity contribution < 1.29 is 9.18 Å². The predicted octanol–water partition coefficient (Wildman–Crippen LogP) is 1.77. The standard InChI is InChI=1S/C9H9ClFNO/c10-8-5-7(1-2-9(8)11)6-12-3-4-13/h1-2,4-5,12H,3,6H2. The Morgan fingerprint density at radius 2 is 2.31 bits per heavy atom. The maximum Gasteiger partial charge on any atom is 0.141 e. The summed E-state index contributed by atoms with van der Waals surface area (Å²) in [5.41, 5.74) is 0.855. The molecule has 0 unspecified atom stereocenters. The predicted molar refractivity (Wildman–Crippen MR) is 49.2 cm³/mol. The van der Waals surface area contributed by atoms with E-state index in [0.29, 0.717) is 6.54 Å². The fraction of sp³-hybridized carbons (Fsp3) is 0.222. The summed E-state index contributed by atoms with van der Waals surface area (Å²) < 4.78 is 12.7. The highest BCUT2D eigenvalue weighted by Gasteiger charge is 1.99. The molecule has 0 spiro atoms. The lowest BCUT2D eigenvalue weighted by atomic mass is 10.2. The Balaban J connectivity index is 2.57. The zero-order valence-corrected chi connectivity index (χ0v) is 7.64. The highest BCUT2D eigenvalue weighted by atomic mass is 35.5. The Kier molecular flexibility index (Phi) is 3.86. The average molecular weight is 202 g/mol. The number of rotatable bonds is 4. The molecule has 0 aromatic heterocycles. The summed E-state index contributed by atoms with van der Waals surface area (Å²) in [4.78, 5) is 9.97. The van der Waals surface area contributed by atoms with Crippen molar-refractivity contribution >= 4 is 17.9 Å². The molecule has 0 aliphatic heterocycles. The molecule has 0 saturated carbocycles. The lowest BCUT2D eigenvalue weighted by molar-refractivity contribution is -0.107. The molecular weight excluding hydrogens is 193 g/mol. The molecule has 70 valence electrons. The molecule has 0 atom stereocenters. The second-order valence-corrected chi connectivity index (χ2v) is 2.95. The highest BCUT2D eigenvalue weighted by molar-refractivity contribution is 6.30. The van der Waals surface area contributed by atoms with E-state index in [1.165, 1.54) is 12.1 Å². The molecule has 1 aromatic rings. The van der Waals surface area contributed by atoms with Crippen molar-refractivity contribution in [1.82, 2.24) is 5.32 Å². The van der Waals surface area contributed by atoms with Gasteiger partial charge in [0.15, 0.2) is 0 Å². The van der Waals surface area contributed by atoms with Gasteiger partial charge in [0.05, 0.1) is 11.6 Å². The summed E-state index contributed by atoms with van der Waals surface area (Å²) in [5.74, 6) is -0.430. The van der Waals surface area contributed by atoms with Gasteiger partial charge in [-0.15, -0.1) is 0 Å². The smallest absolute Gasteiger partial charge is 0.141 e. The van der Waals surface area contributed by atoms with Crippen molar-refractivity contribution in [2.45, 2.75) is 6.54 Å². The second kappa shape index (κ2) is 4.94. The SMILES string of the molecule is O=CCNCc1ccc(F)c(Cl)c1. The van der Waals surface area contributed by atoms with Crippen LogP contribution in [0.5, 0.6) is 0 Å². The highest BCUT2D eigenvalue weighted by Crippen LogP contribution is 2.15. The van der Waals surface area contributed by atoms with Gasteiger partial charge in [0.1, 0.15) is 12.1 Å². The van der Waals surface area contributed by atoms with Crippen LogP contribution in [0.3, 0.4) is 0 Å². The molecule has 1 aromatic carbocycles. The normalized spacial score (nSPS) is 10.0. The molecule has 1 rings (SSSR count). The molecule has 0 aliphatic carbocycles. The number of nitrogens with one attached hydrogen (secondary N) is 1. The largest absolute Gasteiger partial charge is 0.306 e. The topological polar surface area (TPSA) is 29.1 Å². The summed E-state index contributed by atoms with van der Waals surface area (Å²) in [6.07, 6.45) is 0.769. The van der Waals surface area contributed by atoms with Crippen LogP contribution in [0.25, 0.3) is 0 Å². The third-order valence-electron chi connectivity index (χ3n) is 1.54. The zero-order chi connectivity index (χ0) is 9.68. The van der Waals surface area contributed by atoms with Gasteiger partial charge in [-0.1, -0.05) is 17.7 Å². The van der Waals surface area contributed by atoms with Crippen LogP contribution in [0.15, 0.2) is 18.2 Å². The number of hydrogen-bond donors (Lipinski definition) is 1. The van der Waals surface area contributed by atoms with Gasteiger partial charge in [0.25, 0.3) is 0 Å². The number of aldehydes is 1. The Bertz CT molecular complexity index is 304. The Hall–Kier alpha value is -0.930. The second-order valence-electron chi connectivity index (χ2n) is 2.55. The van der Waals surface area contributed by atoms with Gasteiger partial charge in [-0.05, 0) is 17.7 Å². The number of carbonyl (C=O) groups is 1. The lowest BCUT2D eigenvalue weighted by Gasteiger charge is -2.02. The number of hydrogen-bond acceptors (Lipinski definition) is 2. The maximum absolute atomic E-state index is 12.7. The average Bonchev–Trinajstić information content (AvgIpc) is 2.12. The van der Waals surface area contributed by atoms with Crippen LogP contribution in [0.4, 0.5) is 4.39 Å². The van der Waals surface area contributed by atoms with E-state index in [1.807, 2.05) is 0 Å². The summed E-state index contributed by atoms with van der Waals surface area (Å²) in [5, 5.41) is 2.95. The zero-order valence-electron chi connectivity index (χ0n) is 6.89. The van der Waals surface area contributed by atoms with Crippen molar-refractivity contribution in [1.29, 1.82) is 0 Å². The minimum atomic E-state index is -0.430. The first kappa shape index (κ1) is 10.2. The Morgan fingerprint density at radius 1 is 1.54 bits per heavy atom. The van der Waals surface area contributed by atoms with Gasteiger partial charge in [-0.3, -0.25) is 0 Å². The summed E-state index contributed by atoms with van der Waals surface area (Å²) in [6.45, 7) is 0.799. The third kappa shape index (κ3) is 3.13. The Morgan fingerprint density at radius 3 is 2.92 bits per heavy atom. The van der Waals surface area contributed by atoms with Crippen LogP contribution in [0, 0.1) is 5.82 Å². The molecule has 13 heavy (non-hydrogen) atoms. The molecule has 0 bridgehead atoms. The quantitative estimate of drug-likeness (QED) is 0.594. The fourth-order valence-corrected chi connectivity index (χ4v) is 1.13. The van der Waals surface area contributed by atoms with Gasteiger partial charge in [0.2, 0.25) is 0 Å². The van der Waals surface area contributed by atoms with Crippen LogP contribution in [-0.4, -0.2) is 12.8 Å². The van der Waals surface area contributed by atoms with E-state index in [9.17, 15) is 9.18 Å². The van der Waals surface area contributed by atoms with E-state index in [2.05, 4.69) is 5.32 Å². The van der Waals surface area contributed by atoms with E-state index in [1.54, 1.807) is 6.07 Å². The Labute approximate surface area is 80.7 Å². The van der Waals surface area contributed by atoms with Gasteiger partial charge in [-0.25, -0.2) is 4.39 Å². The van der Waals surface area contributed by atoms with Crippen LogP contribution < -0.4 is 5.32 Å². The molecule has 0 radical (unpaired) electrons. The minimum Gasteiger partial charge on any atom is -0.306 e. The summed E-state index contributed by atoms with van der Waals surface area (Å²) >= 11 is 5.55. The van der Waals surface area contributed by atoms with E-state index in [0.717, 1.165) is 11.8 Å². The van der Waals surface area contributed by atoms with Gasteiger partial charge in [-0.2, -0.15) is 0 Å². The van der Waals surface area contributed by atoms with Crippen molar-refractivity contribution in [2.75, 3.05) is 6.54 Å². The minimum absolute atomic E-state index is 0.102. The third-order valence-corrected chi connectivity index (χ3v) is 1.83. The molecule has 0 amide bonds. The summed E-state index contributed by atoms with van der Waals surface area (Å²) in [7, 11) is 0. The van der Waals surface area contributed by atoms with E-state index in [-0.39, 0.29) is 11.6 Å². The summed E-state index contributed by atoms with van der Waals surface area (Å²) in [6, 6.07) is 4.47. The van der Waals surface area contributed by atoms with Gasteiger partial charge < -0.3 is 10.1 Å². The van der Waals surface area contributed by atoms with E-state index in [4.69, 9.17) is 11.6 Å². The maximum atomic E-state index is 12.7. The van der Waals surface area contributed by atoms with E-state index < -0.39 is 5.82 Å². The molecule has 0 aliphatic rings. The molecule has 0 heterocycles. The molecule has 0 fully saturated rings. The fourth-order valence-electron chi connectivity index (χ4n) is 0.925. The van der Waals surface area contributed by atoms with Crippen molar-refractivity contribution in [3.05, 3.63) is 34.6 Å². The lowest BCUT2D eigenvalue weighted by Crippen LogP contribution is -2.15. The number of halogens is 2. The monoisotopic (exact) mass is 201 g/mol. The van der Waals surface area contributed by atoms with Crippen LogP contribution in [-0.2, 0) is 11.3 Å². The first-order chi connectivity index (χ1) is 6.24. The van der Waals surface area contributed by atoms with Gasteiger partial charge >= 0.3 is 0 Å². The number of carbonyl (C=O) groups excluding carboxylic acids is 1.